The van der Waals surface area contributed by atoms with E-state index >= 15 is 0 Å². The van der Waals surface area contributed by atoms with Crippen molar-refractivity contribution < 1.29 is 9.53 Å². The second-order valence-electron chi connectivity index (χ2n) is 5.73. The van der Waals surface area contributed by atoms with Gasteiger partial charge < -0.3 is 9.64 Å². The van der Waals surface area contributed by atoms with Crippen LogP contribution in [0.1, 0.15) is 5.56 Å². The molecule has 1 aliphatic rings. The smallest absolute Gasteiger partial charge is 0.240 e. The number of anilines is 1. The number of benzene rings is 1. The van der Waals surface area contributed by atoms with E-state index in [1.807, 2.05) is 31.3 Å². The van der Waals surface area contributed by atoms with Crippen LogP contribution in [-0.4, -0.2) is 75.7 Å². The van der Waals surface area contributed by atoms with Crippen LogP contribution >= 0.6 is 0 Å². The monoisotopic (exact) mass is 304 g/mol. The van der Waals surface area contributed by atoms with Crippen LogP contribution < -0.4 is 4.90 Å². The average Bonchev–Trinajstić information content (AvgIpc) is 2.53. The third kappa shape index (κ3) is 4.80. The number of amides is 1. The van der Waals surface area contributed by atoms with Crippen molar-refractivity contribution in [3.8, 4) is 0 Å². The van der Waals surface area contributed by atoms with E-state index in [2.05, 4.69) is 16.7 Å². The highest BCUT2D eigenvalue weighted by Crippen LogP contribution is 2.14. The Morgan fingerprint density at radius 1 is 1.27 bits per heavy atom. The van der Waals surface area contributed by atoms with Crippen molar-refractivity contribution in [3.63, 3.8) is 0 Å². The molecule has 0 bridgehead atoms. The Labute approximate surface area is 133 Å². The molecular formula is C17H26N3O2. The Bertz CT molecular complexity index is 485. The largest absolute Gasteiger partial charge is 0.383 e. The molecule has 121 valence electrons. The van der Waals surface area contributed by atoms with Crippen LogP contribution in [0.25, 0.3) is 0 Å². The molecule has 1 radical (unpaired) electrons. The van der Waals surface area contributed by atoms with Crippen LogP contribution in [0.15, 0.2) is 24.3 Å². The second kappa shape index (κ2) is 8.27. The number of carbonyl (C=O) groups excluding carboxylic acids is 1. The number of carbonyl (C=O) groups is 1. The summed E-state index contributed by atoms with van der Waals surface area (Å²) in [4.78, 5) is 18.7. The molecule has 22 heavy (non-hydrogen) atoms. The summed E-state index contributed by atoms with van der Waals surface area (Å²) >= 11 is 0. The van der Waals surface area contributed by atoms with Gasteiger partial charge in [-0.25, -0.2) is 0 Å². The highest BCUT2D eigenvalue weighted by Gasteiger charge is 2.20. The molecule has 1 aromatic rings. The van der Waals surface area contributed by atoms with Gasteiger partial charge in [0, 0.05) is 52.6 Å². The van der Waals surface area contributed by atoms with Gasteiger partial charge in [0.1, 0.15) is 0 Å². The Hall–Kier alpha value is -1.43. The number of rotatable bonds is 6. The van der Waals surface area contributed by atoms with Crippen LogP contribution in [0, 0.1) is 6.92 Å². The maximum atomic E-state index is 12.4. The molecule has 0 aliphatic carbocycles. The van der Waals surface area contributed by atoms with Gasteiger partial charge in [-0.15, -0.1) is 0 Å². The van der Waals surface area contributed by atoms with Gasteiger partial charge in [-0.05, 0) is 24.6 Å². The van der Waals surface area contributed by atoms with Gasteiger partial charge in [0.2, 0.25) is 5.91 Å². The van der Waals surface area contributed by atoms with Gasteiger partial charge in [0.15, 0.2) is 0 Å². The first kappa shape index (κ1) is 16.9. The number of likely N-dealkylation sites (N-methyl/N-ethyl adjacent to an activating group) is 1. The minimum atomic E-state index is 0.121. The molecule has 0 N–H and O–H groups in total. The summed E-state index contributed by atoms with van der Waals surface area (Å²) in [6.45, 7) is 9.96. The lowest BCUT2D eigenvalue weighted by Gasteiger charge is -2.34. The standard InChI is InChI=1S/C17H26N3O2/c1-15-5-4-6-16(13-15)18(2)17(21)14-20-9-7-19(8-10-20)11-12-22-3/h4-6,13H,1,7-12,14H2,2-3H3. The predicted molar refractivity (Wildman–Crippen MR) is 89.1 cm³/mol. The van der Waals surface area contributed by atoms with E-state index < -0.39 is 0 Å². The fraction of sp³-hybridized carbons (Fsp3) is 0.529. The third-order valence-electron chi connectivity index (χ3n) is 4.11. The highest BCUT2D eigenvalue weighted by molar-refractivity contribution is 5.94. The molecule has 1 fully saturated rings. The Balaban J connectivity index is 1.80. The minimum Gasteiger partial charge on any atom is -0.383 e. The second-order valence-corrected chi connectivity index (χ2v) is 5.73. The number of hydrogen-bond donors (Lipinski definition) is 0. The predicted octanol–water partition coefficient (Wildman–Crippen LogP) is 1.10. The summed E-state index contributed by atoms with van der Waals surface area (Å²) in [5.74, 6) is 0.121. The molecule has 1 heterocycles. The van der Waals surface area contributed by atoms with Crippen molar-refractivity contribution in [2.24, 2.45) is 0 Å². The summed E-state index contributed by atoms with van der Waals surface area (Å²) in [5.41, 5.74) is 1.82. The first-order valence-electron chi connectivity index (χ1n) is 7.72. The molecule has 5 nitrogen and oxygen atoms in total. The van der Waals surface area contributed by atoms with Crippen molar-refractivity contribution in [1.29, 1.82) is 0 Å². The van der Waals surface area contributed by atoms with Crippen molar-refractivity contribution in [2.75, 3.05) is 64.9 Å². The molecule has 1 aliphatic heterocycles. The van der Waals surface area contributed by atoms with E-state index in [-0.39, 0.29) is 5.91 Å². The van der Waals surface area contributed by atoms with E-state index in [4.69, 9.17) is 4.74 Å². The average molecular weight is 304 g/mol. The molecule has 0 unspecified atom stereocenters. The number of methoxy groups -OCH3 is 1. The molecule has 0 spiro atoms. The fourth-order valence-corrected chi connectivity index (χ4v) is 2.60. The molecule has 1 saturated heterocycles. The lowest BCUT2D eigenvalue weighted by molar-refractivity contribution is -0.119. The molecule has 0 saturated carbocycles. The first-order chi connectivity index (χ1) is 10.6. The SMILES string of the molecule is [CH2]c1cccc(N(C)C(=O)CN2CCN(CCOC)CC2)c1. The van der Waals surface area contributed by atoms with Crippen LogP contribution in [0.4, 0.5) is 5.69 Å². The maximum Gasteiger partial charge on any atom is 0.240 e. The lowest BCUT2D eigenvalue weighted by atomic mass is 10.2. The molecule has 0 atom stereocenters. The molecule has 1 aromatic carbocycles. The van der Waals surface area contributed by atoms with Gasteiger partial charge in [0.05, 0.1) is 13.2 Å². The highest BCUT2D eigenvalue weighted by atomic mass is 16.5. The summed E-state index contributed by atoms with van der Waals surface area (Å²) in [5, 5.41) is 0. The molecule has 1 amide bonds. The Morgan fingerprint density at radius 3 is 2.59 bits per heavy atom. The lowest BCUT2D eigenvalue weighted by Crippen LogP contribution is -2.50. The summed E-state index contributed by atoms with van der Waals surface area (Å²) < 4.78 is 5.10. The van der Waals surface area contributed by atoms with Crippen molar-refractivity contribution in [1.82, 2.24) is 9.80 Å². The van der Waals surface area contributed by atoms with E-state index in [9.17, 15) is 4.79 Å². The van der Waals surface area contributed by atoms with Gasteiger partial charge in [-0.2, -0.15) is 0 Å². The van der Waals surface area contributed by atoms with E-state index in [1.165, 1.54) is 0 Å². The zero-order valence-electron chi connectivity index (χ0n) is 13.6. The number of hydrogen-bond acceptors (Lipinski definition) is 4. The van der Waals surface area contributed by atoms with Crippen LogP contribution in [-0.2, 0) is 9.53 Å². The zero-order valence-corrected chi connectivity index (χ0v) is 13.6. The van der Waals surface area contributed by atoms with Gasteiger partial charge in [0.25, 0.3) is 0 Å². The molecule has 2 rings (SSSR count). The van der Waals surface area contributed by atoms with Crippen LogP contribution in [0.2, 0.25) is 0 Å². The topological polar surface area (TPSA) is 36.0 Å². The van der Waals surface area contributed by atoms with Crippen molar-refractivity contribution >= 4 is 11.6 Å². The normalized spacial score (nSPS) is 16.7. The maximum absolute atomic E-state index is 12.4. The summed E-state index contributed by atoms with van der Waals surface area (Å²) in [7, 11) is 3.55. The number of nitrogens with zero attached hydrogens (tertiary/aromatic N) is 3. The molecule has 0 aromatic heterocycles. The minimum absolute atomic E-state index is 0.121. The van der Waals surface area contributed by atoms with Crippen molar-refractivity contribution in [2.45, 2.75) is 0 Å². The quantitative estimate of drug-likeness (QED) is 0.788. The van der Waals surface area contributed by atoms with Gasteiger partial charge in [-0.3, -0.25) is 14.6 Å². The first-order valence-corrected chi connectivity index (χ1v) is 7.72. The van der Waals surface area contributed by atoms with Crippen molar-refractivity contribution in [3.05, 3.63) is 36.8 Å². The Kier molecular flexibility index (Phi) is 6.36. The summed E-state index contributed by atoms with van der Waals surface area (Å²) in [6.07, 6.45) is 0. The number of piperazine rings is 1. The third-order valence-corrected chi connectivity index (χ3v) is 4.11. The van der Waals surface area contributed by atoms with Crippen LogP contribution in [0.5, 0.6) is 0 Å². The number of ether oxygens (including phenoxy) is 1. The fourth-order valence-electron chi connectivity index (χ4n) is 2.60. The molecular weight excluding hydrogens is 278 g/mol. The van der Waals surface area contributed by atoms with E-state index in [0.29, 0.717) is 6.54 Å². The van der Waals surface area contributed by atoms with Crippen LogP contribution in [0.3, 0.4) is 0 Å². The molecule has 5 heteroatoms. The Morgan fingerprint density at radius 2 is 1.95 bits per heavy atom. The summed E-state index contributed by atoms with van der Waals surface area (Å²) in [6, 6.07) is 7.73. The zero-order chi connectivity index (χ0) is 15.9. The van der Waals surface area contributed by atoms with E-state index in [0.717, 1.165) is 50.6 Å². The van der Waals surface area contributed by atoms with E-state index in [1.54, 1.807) is 12.0 Å². The van der Waals surface area contributed by atoms with Gasteiger partial charge >= 0.3 is 0 Å². The van der Waals surface area contributed by atoms with Gasteiger partial charge in [-0.1, -0.05) is 12.1 Å².